The van der Waals surface area contributed by atoms with Gasteiger partial charge in [-0.3, -0.25) is 14.9 Å². The van der Waals surface area contributed by atoms with Gasteiger partial charge in [-0.05, 0) is 52.9 Å². The first kappa shape index (κ1) is 15.5. The molecule has 0 aromatic heterocycles. The van der Waals surface area contributed by atoms with Crippen molar-refractivity contribution in [1.29, 1.82) is 0 Å². The van der Waals surface area contributed by atoms with Gasteiger partial charge in [0.15, 0.2) is 0 Å². The van der Waals surface area contributed by atoms with Crippen LogP contribution in [0.5, 0.6) is 5.75 Å². The number of nitro groups is 1. The summed E-state index contributed by atoms with van der Waals surface area (Å²) in [5.74, 6) is -0.779. The number of benzene rings is 2. The van der Waals surface area contributed by atoms with E-state index >= 15 is 0 Å². The highest BCUT2D eigenvalue weighted by Crippen LogP contribution is 2.29. The van der Waals surface area contributed by atoms with Crippen LogP contribution in [-0.4, -0.2) is 15.9 Å². The molecule has 0 aliphatic carbocycles. The Hall–Kier alpha value is -1.87. The molecule has 8 heteroatoms. The van der Waals surface area contributed by atoms with Gasteiger partial charge in [0.1, 0.15) is 11.4 Å². The van der Waals surface area contributed by atoms with E-state index in [0.717, 1.165) is 9.64 Å². The second kappa shape index (κ2) is 6.27. The van der Waals surface area contributed by atoms with E-state index in [-0.39, 0.29) is 22.7 Å². The van der Waals surface area contributed by atoms with Crippen LogP contribution in [-0.2, 0) is 0 Å². The number of carbonyl (C=O) groups is 1. The standard InChI is InChI=1S/C13H8ClIN2O4/c14-9-5-7(1-3-10(9)15)13(19)16-11-4-2-8(18)6-12(11)17(20)21/h1-6,18H,(H,16,19). The average molecular weight is 419 g/mol. The Morgan fingerprint density at radius 1 is 1.29 bits per heavy atom. The molecule has 0 bridgehead atoms. The fourth-order valence-electron chi connectivity index (χ4n) is 1.61. The average Bonchev–Trinajstić information content (AvgIpc) is 2.43. The molecule has 0 fully saturated rings. The molecule has 0 atom stereocenters. The number of phenolic OH excluding ortho intramolecular Hbond substituents is 1. The van der Waals surface area contributed by atoms with Gasteiger partial charge < -0.3 is 10.4 Å². The van der Waals surface area contributed by atoms with Gasteiger partial charge in [0.2, 0.25) is 0 Å². The van der Waals surface area contributed by atoms with E-state index < -0.39 is 10.8 Å². The first-order valence-electron chi connectivity index (χ1n) is 5.62. The molecule has 0 radical (unpaired) electrons. The van der Waals surface area contributed by atoms with Crippen molar-refractivity contribution >= 4 is 51.5 Å². The number of aromatic hydroxyl groups is 1. The van der Waals surface area contributed by atoms with Crippen LogP contribution in [0.2, 0.25) is 5.02 Å². The monoisotopic (exact) mass is 418 g/mol. The first-order chi connectivity index (χ1) is 9.88. The number of anilines is 1. The Labute approximate surface area is 138 Å². The summed E-state index contributed by atoms with van der Waals surface area (Å²) in [6.07, 6.45) is 0. The van der Waals surface area contributed by atoms with Gasteiger partial charge in [0.25, 0.3) is 11.6 Å². The van der Waals surface area contributed by atoms with Crippen LogP contribution in [0.4, 0.5) is 11.4 Å². The smallest absolute Gasteiger partial charge is 0.296 e. The highest BCUT2D eigenvalue weighted by atomic mass is 127. The molecule has 0 saturated carbocycles. The first-order valence-corrected chi connectivity index (χ1v) is 7.08. The van der Waals surface area contributed by atoms with Crippen LogP contribution in [0.3, 0.4) is 0 Å². The predicted octanol–water partition coefficient (Wildman–Crippen LogP) is 3.81. The largest absolute Gasteiger partial charge is 0.508 e. The summed E-state index contributed by atoms with van der Waals surface area (Å²) in [6.45, 7) is 0. The van der Waals surface area contributed by atoms with Crippen LogP contribution >= 0.6 is 34.2 Å². The maximum atomic E-state index is 12.1. The minimum Gasteiger partial charge on any atom is -0.508 e. The summed E-state index contributed by atoms with van der Waals surface area (Å²) >= 11 is 7.96. The molecular formula is C13H8ClIN2O4. The fraction of sp³-hybridized carbons (Fsp3) is 0. The number of hydrogen-bond acceptors (Lipinski definition) is 4. The Morgan fingerprint density at radius 3 is 2.62 bits per heavy atom. The van der Waals surface area contributed by atoms with Crippen molar-refractivity contribution in [3.05, 3.63) is 60.7 Å². The maximum Gasteiger partial charge on any atom is 0.296 e. The normalized spacial score (nSPS) is 10.2. The maximum absolute atomic E-state index is 12.1. The minimum absolute atomic E-state index is 0.00234. The molecule has 2 aromatic rings. The molecule has 6 nitrogen and oxygen atoms in total. The Bertz CT molecular complexity index is 736. The van der Waals surface area contributed by atoms with Gasteiger partial charge in [-0.25, -0.2) is 0 Å². The molecule has 2 aromatic carbocycles. The van der Waals surface area contributed by atoms with Crippen molar-refractivity contribution < 1.29 is 14.8 Å². The van der Waals surface area contributed by atoms with Crippen LogP contribution in [0, 0.1) is 13.7 Å². The zero-order chi connectivity index (χ0) is 15.6. The number of nitrogens with one attached hydrogen (secondary N) is 1. The number of carbonyl (C=O) groups excluding carboxylic acids is 1. The van der Waals surface area contributed by atoms with Gasteiger partial charge in [-0.15, -0.1) is 0 Å². The van der Waals surface area contributed by atoms with Crippen molar-refractivity contribution in [2.45, 2.75) is 0 Å². The van der Waals surface area contributed by atoms with Gasteiger partial charge in [0, 0.05) is 9.13 Å². The van der Waals surface area contributed by atoms with Gasteiger partial charge in [-0.2, -0.15) is 0 Å². The lowest BCUT2D eigenvalue weighted by atomic mass is 10.2. The third-order valence-electron chi connectivity index (χ3n) is 2.61. The van der Waals surface area contributed by atoms with E-state index in [0.29, 0.717) is 5.02 Å². The second-order valence-corrected chi connectivity index (χ2v) is 5.61. The van der Waals surface area contributed by atoms with E-state index in [1.54, 1.807) is 12.1 Å². The SMILES string of the molecule is O=C(Nc1ccc(O)cc1[N+](=O)[O-])c1ccc(I)c(Cl)c1. The van der Waals surface area contributed by atoms with E-state index in [1.807, 2.05) is 22.6 Å². The third kappa shape index (κ3) is 3.61. The van der Waals surface area contributed by atoms with Crippen LogP contribution in [0.15, 0.2) is 36.4 Å². The Morgan fingerprint density at radius 2 is 2.00 bits per heavy atom. The number of amides is 1. The van der Waals surface area contributed by atoms with Crippen molar-refractivity contribution in [1.82, 2.24) is 0 Å². The molecule has 0 heterocycles. The molecule has 0 aliphatic heterocycles. The predicted molar refractivity (Wildman–Crippen MR) is 86.9 cm³/mol. The molecule has 0 spiro atoms. The van der Waals surface area contributed by atoms with Crippen LogP contribution in [0.25, 0.3) is 0 Å². The zero-order valence-corrected chi connectivity index (χ0v) is 13.3. The molecule has 21 heavy (non-hydrogen) atoms. The van der Waals surface area contributed by atoms with Crippen molar-refractivity contribution in [2.24, 2.45) is 0 Å². The van der Waals surface area contributed by atoms with Crippen LogP contribution in [0.1, 0.15) is 10.4 Å². The van der Waals surface area contributed by atoms with Crippen molar-refractivity contribution in [3.8, 4) is 5.75 Å². The second-order valence-electron chi connectivity index (χ2n) is 4.04. The molecule has 0 aliphatic rings. The third-order valence-corrected chi connectivity index (χ3v) is 4.18. The summed E-state index contributed by atoms with van der Waals surface area (Å²) in [7, 11) is 0. The lowest BCUT2D eigenvalue weighted by Crippen LogP contribution is -2.13. The number of halogens is 2. The van der Waals surface area contributed by atoms with E-state index in [1.165, 1.54) is 18.2 Å². The highest BCUT2D eigenvalue weighted by molar-refractivity contribution is 14.1. The molecular weight excluding hydrogens is 411 g/mol. The number of hydrogen-bond donors (Lipinski definition) is 2. The topological polar surface area (TPSA) is 92.5 Å². The highest BCUT2D eigenvalue weighted by Gasteiger charge is 2.17. The molecule has 2 rings (SSSR count). The fourth-order valence-corrected chi connectivity index (χ4v) is 2.12. The molecule has 108 valence electrons. The minimum atomic E-state index is -0.684. The number of phenols is 1. The summed E-state index contributed by atoms with van der Waals surface area (Å²) in [4.78, 5) is 22.3. The van der Waals surface area contributed by atoms with Crippen LogP contribution < -0.4 is 5.32 Å². The van der Waals surface area contributed by atoms with E-state index in [9.17, 15) is 20.0 Å². The number of nitrogens with zero attached hydrogens (tertiary/aromatic N) is 1. The lowest BCUT2D eigenvalue weighted by Gasteiger charge is -2.07. The lowest BCUT2D eigenvalue weighted by molar-refractivity contribution is -0.384. The molecule has 0 saturated heterocycles. The molecule has 2 N–H and O–H groups in total. The van der Waals surface area contributed by atoms with Crippen molar-refractivity contribution in [3.63, 3.8) is 0 Å². The Kier molecular flexibility index (Phi) is 4.63. The summed E-state index contributed by atoms with van der Waals surface area (Å²) in [5, 5.41) is 23.0. The number of rotatable bonds is 3. The molecule has 1 amide bonds. The summed E-state index contributed by atoms with van der Waals surface area (Å²) in [6, 6.07) is 8.20. The number of nitro benzene ring substituents is 1. The van der Waals surface area contributed by atoms with E-state index in [2.05, 4.69) is 5.32 Å². The quantitative estimate of drug-likeness (QED) is 0.343. The zero-order valence-electron chi connectivity index (χ0n) is 10.3. The van der Waals surface area contributed by atoms with Gasteiger partial charge >= 0.3 is 0 Å². The van der Waals surface area contributed by atoms with E-state index in [4.69, 9.17) is 11.6 Å². The van der Waals surface area contributed by atoms with Crippen molar-refractivity contribution in [2.75, 3.05) is 5.32 Å². The van der Waals surface area contributed by atoms with Gasteiger partial charge in [0.05, 0.1) is 16.0 Å². The molecule has 0 unspecified atom stereocenters. The Balaban J connectivity index is 2.31. The summed E-state index contributed by atoms with van der Waals surface area (Å²) in [5.41, 5.74) is -0.111. The van der Waals surface area contributed by atoms with Gasteiger partial charge in [-0.1, -0.05) is 11.6 Å². The summed E-state index contributed by atoms with van der Waals surface area (Å²) < 4.78 is 0.793.